The molecule has 0 atom stereocenters. The Morgan fingerprint density at radius 1 is 0.524 bits per heavy atom. The highest BCUT2D eigenvalue weighted by atomic mass is 16.3. The lowest BCUT2D eigenvalue weighted by Crippen LogP contribution is -2.30. The Labute approximate surface area is 243 Å². The van der Waals surface area contributed by atoms with Gasteiger partial charge in [0, 0.05) is 27.3 Å². The van der Waals surface area contributed by atoms with Crippen LogP contribution in [-0.2, 0) is 5.41 Å². The van der Waals surface area contributed by atoms with E-state index in [-0.39, 0.29) is 5.41 Å². The summed E-state index contributed by atoms with van der Waals surface area (Å²) in [5.74, 6) is 0. The molecule has 3 heteroatoms. The Kier molecular flexibility index (Phi) is 4.67. The largest absolute Gasteiger partial charge is 0.456 e. The lowest BCUT2D eigenvalue weighted by Gasteiger charge is -2.42. The highest BCUT2D eigenvalue weighted by molar-refractivity contribution is 6.24. The highest BCUT2D eigenvalue weighted by Gasteiger charge is 2.36. The normalized spacial score (nSPS) is 14.1. The number of benzene rings is 6. The Balaban J connectivity index is 1.30. The van der Waals surface area contributed by atoms with Crippen molar-refractivity contribution in [3.63, 3.8) is 0 Å². The minimum atomic E-state index is -0.0967. The maximum Gasteiger partial charge on any atom is 0.147 e. The summed E-state index contributed by atoms with van der Waals surface area (Å²) in [6.45, 7) is 4.64. The predicted octanol–water partition coefficient (Wildman–Crippen LogP) is 11.3. The van der Waals surface area contributed by atoms with Gasteiger partial charge in [-0.25, -0.2) is 0 Å². The molecule has 0 bridgehead atoms. The molecular weight excluding hydrogens is 514 g/mol. The monoisotopic (exact) mass is 541 g/mol. The third-order valence-corrected chi connectivity index (χ3v) is 9.06. The first-order valence-electron chi connectivity index (χ1n) is 14.4. The molecule has 8 aromatic rings. The molecule has 0 fully saturated rings. The topological polar surface area (TPSA) is 29.5 Å². The Bertz CT molecular complexity index is 2300. The van der Waals surface area contributed by atoms with Crippen molar-refractivity contribution in [2.75, 3.05) is 4.90 Å². The van der Waals surface area contributed by atoms with Crippen molar-refractivity contribution < 1.29 is 8.83 Å². The first-order chi connectivity index (χ1) is 20.6. The van der Waals surface area contributed by atoms with E-state index in [2.05, 4.69) is 134 Å². The van der Waals surface area contributed by atoms with Crippen LogP contribution in [0, 0.1) is 0 Å². The van der Waals surface area contributed by atoms with E-state index < -0.39 is 0 Å². The van der Waals surface area contributed by atoms with Gasteiger partial charge in [-0.2, -0.15) is 0 Å². The van der Waals surface area contributed by atoms with Crippen molar-refractivity contribution in [3.05, 3.63) is 139 Å². The molecule has 0 N–H and O–H groups in total. The summed E-state index contributed by atoms with van der Waals surface area (Å²) in [7, 11) is 0. The predicted molar refractivity (Wildman–Crippen MR) is 173 cm³/mol. The van der Waals surface area contributed by atoms with Crippen LogP contribution in [0.4, 0.5) is 17.1 Å². The summed E-state index contributed by atoms with van der Waals surface area (Å²) in [6, 6.07) is 45.2. The van der Waals surface area contributed by atoms with Crippen molar-refractivity contribution in [2.24, 2.45) is 0 Å². The molecule has 3 nitrogen and oxygen atoms in total. The summed E-state index contributed by atoms with van der Waals surface area (Å²) >= 11 is 0. The van der Waals surface area contributed by atoms with E-state index in [0.717, 1.165) is 60.7 Å². The molecule has 0 amide bonds. The number of hydrogen-bond acceptors (Lipinski definition) is 3. The van der Waals surface area contributed by atoms with Crippen LogP contribution in [0.25, 0.3) is 55.0 Å². The molecule has 0 unspecified atom stereocenters. The lowest BCUT2D eigenvalue weighted by atomic mass is 9.73. The van der Waals surface area contributed by atoms with E-state index in [4.69, 9.17) is 8.83 Å². The third kappa shape index (κ3) is 3.11. The molecule has 200 valence electrons. The van der Waals surface area contributed by atoms with Gasteiger partial charge >= 0.3 is 0 Å². The molecule has 1 aliphatic heterocycles. The Hall–Kier alpha value is -5.28. The summed E-state index contributed by atoms with van der Waals surface area (Å²) in [5.41, 5.74) is 11.8. The summed E-state index contributed by atoms with van der Waals surface area (Å²) < 4.78 is 12.9. The summed E-state index contributed by atoms with van der Waals surface area (Å²) in [4.78, 5) is 2.41. The van der Waals surface area contributed by atoms with Gasteiger partial charge < -0.3 is 13.7 Å². The Morgan fingerprint density at radius 2 is 1.19 bits per heavy atom. The quantitative estimate of drug-likeness (QED) is 0.218. The smallest absolute Gasteiger partial charge is 0.147 e. The average Bonchev–Trinajstić information content (AvgIpc) is 3.60. The van der Waals surface area contributed by atoms with Crippen LogP contribution in [0.2, 0.25) is 0 Å². The van der Waals surface area contributed by atoms with Crippen molar-refractivity contribution >= 4 is 60.9 Å². The SMILES string of the molecule is CC1(C)c2ccccc2N(c2cccc(-c3cccc4oc5ccc6c7ccccc7oc6c5c34)c2)c2ccccc21. The van der Waals surface area contributed by atoms with Crippen LogP contribution in [0.1, 0.15) is 25.0 Å². The number of fused-ring (bicyclic) bond motifs is 9. The van der Waals surface area contributed by atoms with Gasteiger partial charge in [0.25, 0.3) is 0 Å². The van der Waals surface area contributed by atoms with Crippen LogP contribution in [0.3, 0.4) is 0 Å². The van der Waals surface area contributed by atoms with Gasteiger partial charge in [-0.05, 0) is 70.8 Å². The van der Waals surface area contributed by atoms with E-state index in [1.54, 1.807) is 0 Å². The number of hydrogen-bond donors (Lipinski definition) is 0. The minimum Gasteiger partial charge on any atom is -0.456 e. The fourth-order valence-corrected chi connectivity index (χ4v) is 7.09. The van der Waals surface area contributed by atoms with Crippen molar-refractivity contribution in [3.8, 4) is 11.1 Å². The van der Waals surface area contributed by atoms with Crippen molar-refractivity contribution in [1.29, 1.82) is 0 Å². The van der Waals surface area contributed by atoms with E-state index in [1.165, 1.54) is 22.5 Å². The van der Waals surface area contributed by atoms with E-state index in [1.807, 2.05) is 12.1 Å². The van der Waals surface area contributed by atoms with E-state index in [0.29, 0.717) is 0 Å². The molecular formula is C39H27NO2. The number of anilines is 3. The zero-order valence-corrected chi connectivity index (χ0v) is 23.4. The molecule has 9 rings (SSSR count). The second kappa shape index (κ2) is 8.37. The van der Waals surface area contributed by atoms with Gasteiger partial charge in [-0.1, -0.05) is 92.7 Å². The van der Waals surface area contributed by atoms with Crippen LogP contribution in [-0.4, -0.2) is 0 Å². The second-order valence-electron chi connectivity index (χ2n) is 11.7. The third-order valence-electron chi connectivity index (χ3n) is 9.06. The van der Waals surface area contributed by atoms with Gasteiger partial charge in [0.1, 0.15) is 22.3 Å². The molecule has 0 radical (unpaired) electrons. The van der Waals surface area contributed by atoms with Gasteiger partial charge in [-0.15, -0.1) is 0 Å². The molecule has 0 spiro atoms. The Morgan fingerprint density at radius 3 is 2.00 bits per heavy atom. The van der Waals surface area contributed by atoms with Gasteiger partial charge in [0.05, 0.1) is 16.8 Å². The zero-order valence-electron chi connectivity index (χ0n) is 23.4. The zero-order chi connectivity index (χ0) is 28.0. The molecule has 0 saturated carbocycles. The first-order valence-corrected chi connectivity index (χ1v) is 14.4. The standard InChI is InChI=1S/C39H27NO2/c1-39(2)29-15-4-6-17-31(29)40(32-18-7-5-16-30(32)39)25-12-9-11-24(23-25)26-14-10-20-34-36(26)37-35(41-34)22-21-28-27-13-3-8-19-33(27)42-38(28)37/h3-23H,1-2H3. The number of rotatable bonds is 2. The van der Waals surface area contributed by atoms with Crippen LogP contribution < -0.4 is 4.90 Å². The lowest BCUT2D eigenvalue weighted by molar-refractivity contribution is 0.632. The molecule has 0 saturated heterocycles. The van der Waals surface area contributed by atoms with Gasteiger partial charge in [-0.3, -0.25) is 0 Å². The van der Waals surface area contributed by atoms with Gasteiger partial charge in [0.2, 0.25) is 0 Å². The van der Waals surface area contributed by atoms with Crippen molar-refractivity contribution in [2.45, 2.75) is 19.3 Å². The number of para-hydroxylation sites is 3. The molecule has 6 aromatic carbocycles. The molecule has 0 aliphatic carbocycles. The van der Waals surface area contributed by atoms with Crippen molar-refractivity contribution in [1.82, 2.24) is 0 Å². The highest BCUT2D eigenvalue weighted by Crippen LogP contribution is 2.52. The first kappa shape index (κ1) is 23.4. The van der Waals surface area contributed by atoms with Crippen LogP contribution >= 0.6 is 0 Å². The second-order valence-corrected chi connectivity index (χ2v) is 11.7. The summed E-state index contributed by atoms with van der Waals surface area (Å²) in [6.07, 6.45) is 0. The minimum absolute atomic E-state index is 0.0967. The molecule has 42 heavy (non-hydrogen) atoms. The fourth-order valence-electron chi connectivity index (χ4n) is 7.09. The maximum absolute atomic E-state index is 6.47. The summed E-state index contributed by atoms with van der Waals surface area (Å²) in [5, 5.41) is 4.33. The molecule has 3 heterocycles. The maximum atomic E-state index is 6.47. The van der Waals surface area contributed by atoms with Crippen LogP contribution in [0.15, 0.2) is 136 Å². The van der Waals surface area contributed by atoms with E-state index >= 15 is 0 Å². The molecule has 2 aromatic heterocycles. The van der Waals surface area contributed by atoms with Crippen LogP contribution in [0.5, 0.6) is 0 Å². The average molecular weight is 542 g/mol. The fraction of sp³-hybridized carbons (Fsp3) is 0.0769. The van der Waals surface area contributed by atoms with Gasteiger partial charge in [0.15, 0.2) is 0 Å². The number of nitrogens with zero attached hydrogens (tertiary/aromatic N) is 1. The van der Waals surface area contributed by atoms with E-state index in [9.17, 15) is 0 Å². The molecule has 1 aliphatic rings. The number of furan rings is 2.